The molecular formula is C18H33N3O3S. The second kappa shape index (κ2) is 7.82. The number of hydrogen-bond donors (Lipinski definition) is 1. The van der Waals surface area contributed by atoms with Crippen molar-refractivity contribution in [3.63, 3.8) is 0 Å². The van der Waals surface area contributed by atoms with Crippen LogP contribution in [0.3, 0.4) is 0 Å². The van der Waals surface area contributed by atoms with Crippen LogP contribution >= 0.6 is 0 Å². The first kappa shape index (κ1) is 19.0. The fourth-order valence-corrected chi connectivity index (χ4v) is 5.58. The Bertz CT molecular complexity index is 568. The van der Waals surface area contributed by atoms with Crippen LogP contribution in [0.1, 0.15) is 45.4 Å². The summed E-state index contributed by atoms with van der Waals surface area (Å²) in [6, 6.07) is 1.02. The van der Waals surface area contributed by atoms with Crippen LogP contribution in [0.15, 0.2) is 0 Å². The first-order valence-corrected chi connectivity index (χ1v) is 11.8. The molecule has 0 spiro atoms. The van der Waals surface area contributed by atoms with Crippen LogP contribution in [-0.2, 0) is 9.84 Å². The van der Waals surface area contributed by atoms with Crippen LogP contribution < -0.4 is 5.32 Å². The number of rotatable bonds is 4. The van der Waals surface area contributed by atoms with Gasteiger partial charge in [-0.15, -0.1) is 0 Å². The van der Waals surface area contributed by atoms with E-state index in [1.54, 1.807) is 0 Å². The van der Waals surface area contributed by atoms with Gasteiger partial charge in [0.2, 0.25) is 0 Å². The molecule has 2 saturated carbocycles. The maximum absolute atomic E-state index is 12.7. The highest BCUT2D eigenvalue weighted by Crippen LogP contribution is 2.29. The van der Waals surface area contributed by atoms with E-state index >= 15 is 0 Å². The lowest BCUT2D eigenvalue weighted by atomic mass is 9.87. The van der Waals surface area contributed by atoms with Crippen molar-refractivity contribution in [1.29, 1.82) is 0 Å². The molecule has 7 heteroatoms. The van der Waals surface area contributed by atoms with Crippen molar-refractivity contribution in [2.24, 2.45) is 11.8 Å². The van der Waals surface area contributed by atoms with E-state index in [1.165, 1.54) is 19.1 Å². The lowest BCUT2D eigenvalue weighted by Gasteiger charge is -2.31. The van der Waals surface area contributed by atoms with Gasteiger partial charge in [0.15, 0.2) is 0 Å². The van der Waals surface area contributed by atoms with Crippen LogP contribution in [0.25, 0.3) is 0 Å². The van der Waals surface area contributed by atoms with Crippen molar-refractivity contribution in [3.8, 4) is 0 Å². The molecule has 2 amide bonds. The highest BCUT2D eigenvalue weighted by atomic mass is 32.2. The average Bonchev–Trinajstić information content (AvgIpc) is 3.34. The zero-order valence-corrected chi connectivity index (χ0v) is 16.4. The molecule has 3 fully saturated rings. The monoisotopic (exact) mass is 371 g/mol. The van der Waals surface area contributed by atoms with Crippen molar-refractivity contribution in [2.75, 3.05) is 38.2 Å². The lowest BCUT2D eigenvalue weighted by molar-refractivity contribution is 0.185. The summed E-state index contributed by atoms with van der Waals surface area (Å²) in [4.78, 5) is 17.2. The van der Waals surface area contributed by atoms with E-state index in [1.807, 2.05) is 4.90 Å². The van der Waals surface area contributed by atoms with E-state index in [0.717, 1.165) is 57.9 Å². The van der Waals surface area contributed by atoms with Gasteiger partial charge in [0, 0.05) is 44.5 Å². The SMILES string of the molecule is CC1CN(C(=O)NC2CCC(CS(C)(=O)=O)CC2)CCN(C2CC2)C1. The normalized spacial score (nSPS) is 32.2. The highest BCUT2D eigenvalue weighted by molar-refractivity contribution is 7.90. The Morgan fingerprint density at radius 2 is 1.72 bits per heavy atom. The van der Waals surface area contributed by atoms with E-state index in [0.29, 0.717) is 5.92 Å². The number of sulfone groups is 1. The Kier molecular flexibility index (Phi) is 5.93. The fourth-order valence-electron chi connectivity index (χ4n) is 4.39. The molecule has 1 heterocycles. The van der Waals surface area contributed by atoms with Crippen LogP contribution in [0.2, 0.25) is 0 Å². The number of carbonyl (C=O) groups excluding carboxylic acids is 1. The Morgan fingerprint density at radius 3 is 2.32 bits per heavy atom. The quantitative estimate of drug-likeness (QED) is 0.817. The zero-order valence-electron chi connectivity index (χ0n) is 15.6. The molecule has 3 aliphatic rings. The molecule has 144 valence electrons. The summed E-state index contributed by atoms with van der Waals surface area (Å²) in [5.74, 6) is 1.06. The van der Waals surface area contributed by atoms with Crippen molar-refractivity contribution < 1.29 is 13.2 Å². The van der Waals surface area contributed by atoms with Gasteiger partial charge in [-0.2, -0.15) is 0 Å². The Labute approximate surface area is 152 Å². The first-order valence-electron chi connectivity index (χ1n) is 9.77. The average molecular weight is 372 g/mol. The number of amides is 2. The third-order valence-electron chi connectivity index (χ3n) is 5.80. The Hall–Kier alpha value is -0.820. The molecule has 3 rings (SSSR count). The third-order valence-corrected chi connectivity index (χ3v) is 6.88. The van der Waals surface area contributed by atoms with E-state index in [9.17, 15) is 13.2 Å². The standard InChI is InChI=1S/C18H33N3O3S/c1-14-11-20(17-7-8-17)9-10-21(12-14)18(22)19-16-5-3-15(4-6-16)13-25(2,23)24/h14-17H,3-13H2,1-2H3,(H,19,22). The summed E-state index contributed by atoms with van der Waals surface area (Å²) in [6.07, 6.45) is 7.51. The van der Waals surface area contributed by atoms with E-state index in [4.69, 9.17) is 0 Å². The summed E-state index contributed by atoms with van der Waals surface area (Å²) in [5.41, 5.74) is 0. The fraction of sp³-hybridized carbons (Fsp3) is 0.944. The molecule has 0 bridgehead atoms. The Balaban J connectivity index is 1.44. The molecule has 1 aliphatic heterocycles. The summed E-state index contributed by atoms with van der Waals surface area (Å²) < 4.78 is 22.9. The maximum atomic E-state index is 12.7. The summed E-state index contributed by atoms with van der Waals surface area (Å²) >= 11 is 0. The van der Waals surface area contributed by atoms with Gasteiger partial charge in [-0.25, -0.2) is 13.2 Å². The number of carbonyl (C=O) groups is 1. The third kappa shape index (κ3) is 5.84. The lowest BCUT2D eigenvalue weighted by Crippen LogP contribution is -2.48. The molecule has 1 unspecified atom stereocenters. The van der Waals surface area contributed by atoms with Gasteiger partial charge in [0.25, 0.3) is 0 Å². The summed E-state index contributed by atoms with van der Waals surface area (Å²) in [5, 5.41) is 3.20. The molecule has 0 aromatic rings. The molecule has 6 nitrogen and oxygen atoms in total. The molecule has 1 N–H and O–H groups in total. The molecule has 0 aromatic heterocycles. The van der Waals surface area contributed by atoms with Crippen molar-refractivity contribution in [1.82, 2.24) is 15.1 Å². The molecule has 25 heavy (non-hydrogen) atoms. The van der Waals surface area contributed by atoms with Gasteiger partial charge < -0.3 is 10.2 Å². The van der Waals surface area contributed by atoms with Gasteiger partial charge in [-0.05, 0) is 50.4 Å². The minimum Gasteiger partial charge on any atom is -0.335 e. The second-order valence-electron chi connectivity index (χ2n) is 8.54. The van der Waals surface area contributed by atoms with E-state index in [-0.39, 0.29) is 23.7 Å². The maximum Gasteiger partial charge on any atom is 0.317 e. The second-order valence-corrected chi connectivity index (χ2v) is 10.7. The molecule has 1 atom stereocenters. The highest BCUT2D eigenvalue weighted by Gasteiger charge is 2.33. The first-order chi connectivity index (χ1) is 11.8. The Morgan fingerprint density at radius 1 is 1.04 bits per heavy atom. The van der Waals surface area contributed by atoms with Gasteiger partial charge in [-0.1, -0.05) is 6.92 Å². The van der Waals surface area contributed by atoms with Gasteiger partial charge in [-0.3, -0.25) is 4.90 Å². The predicted molar refractivity (Wildman–Crippen MR) is 99.3 cm³/mol. The molecule has 1 saturated heterocycles. The van der Waals surface area contributed by atoms with Crippen LogP contribution in [-0.4, -0.2) is 74.5 Å². The van der Waals surface area contributed by atoms with Crippen LogP contribution in [0.5, 0.6) is 0 Å². The number of nitrogens with zero attached hydrogens (tertiary/aromatic N) is 2. The predicted octanol–water partition coefficient (Wildman–Crippen LogP) is 1.72. The van der Waals surface area contributed by atoms with Crippen LogP contribution in [0.4, 0.5) is 4.79 Å². The molecular weight excluding hydrogens is 338 g/mol. The summed E-state index contributed by atoms with van der Waals surface area (Å²) in [6.45, 7) is 5.97. The largest absolute Gasteiger partial charge is 0.335 e. The van der Waals surface area contributed by atoms with Crippen LogP contribution in [0, 0.1) is 11.8 Å². The molecule has 0 aromatic carbocycles. The van der Waals surface area contributed by atoms with Crippen molar-refractivity contribution in [3.05, 3.63) is 0 Å². The minimum atomic E-state index is -2.90. The van der Waals surface area contributed by atoms with Gasteiger partial charge in [0.1, 0.15) is 9.84 Å². The van der Waals surface area contributed by atoms with E-state index in [2.05, 4.69) is 17.1 Å². The zero-order chi connectivity index (χ0) is 18.0. The smallest absolute Gasteiger partial charge is 0.317 e. The number of urea groups is 1. The van der Waals surface area contributed by atoms with E-state index < -0.39 is 9.84 Å². The van der Waals surface area contributed by atoms with Gasteiger partial charge >= 0.3 is 6.03 Å². The topological polar surface area (TPSA) is 69.7 Å². The molecule has 2 aliphatic carbocycles. The van der Waals surface area contributed by atoms with Crippen molar-refractivity contribution in [2.45, 2.75) is 57.5 Å². The minimum absolute atomic E-state index is 0.0658. The van der Waals surface area contributed by atoms with Gasteiger partial charge in [0.05, 0.1) is 5.75 Å². The molecule has 0 radical (unpaired) electrons. The number of nitrogens with one attached hydrogen (secondary N) is 1. The van der Waals surface area contributed by atoms with Crippen molar-refractivity contribution >= 4 is 15.9 Å². The summed E-state index contributed by atoms with van der Waals surface area (Å²) in [7, 11) is -2.90. The number of hydrogen-bond acceptors (Lipinski definition) is 4.